The van der Waals surface area contributed by atoms with Gasteiger partial charge in [0.25, 0.3) is 0 Å². The van der Waals surface area contributed by atoms with E-state index >= 15 is 0 Å². The van der Waals surface area contributed by atoms with E-state index in [9.17, 15) is 13.2 Å². The quantitative estimate of drug-likeness (QED) is 0.535. The molecule has 0 N–H and O–H groups in total. The van der Waals surface area contributed by atoms with Gasteiger partial charge in [-0.05, 0) is 50.3 Å². The van der Waals surface area contributed by atoms with Crippen molar-refractivity contribution in [2.45, 2.75) is 51.3 Å². The average molecular weight is 320 g/mol. The zero-order chi connectivity index (χ0) is 15.5. The van der Waals surface area contributed by atoms with Crippen molar-refractivity contribution < 1.29 is 18.0 Å². The smallest absolute Gasteiger partial charge is 0.392 e. The molecule has 116 valence electrons. The highest BCUT2D eigenvalue weighted by Gasteiger charge is 2.34. The van der Waals surface area contributed by atoms with Crippen molar-refractivity contribution in [3.05, 3.63) is 34.3 Å². The second-order valence-corrected chi connectivity index (χ2v) is 5.53. The predicted octanol–water partition coefficient (Wildman–Crippen LogP) is 5.43. The zero-order valence-electron chi connectivity index (χ0n) is 11.7. The van der Waals surface area contributed by atoms with Crippen LogP contribution in [0.5, 0.6) is 0 Å². The lowest BCUT2D eigenvalue weighted by Crippen LogP contribution is -2.14. The van der Waals surface area contributed by atoms with Crippen LogP contribution < -0.4 is 0 Å². The van der Waals surface area contributed by atoms with Gasteiger partial charge < -0.3 is 4.84 Å². The van der Waals surface area contributed by atoms with Crippen LogP contribution in [0.15, 0.2) is 23.4 Å². The van der Waals surface area contributed by atoms with Crippen molar-refractivity contribution in [3.63, 3.8) is 0 Å². The van der Waals surface area contributed by atoms with Gasteiger partial charge in [-0.1, -0.05) is 23.7 Å². The summed E-state index contributed by atoms with van der Waals surface area (Å²) >= 11 is 5.83. The Morgan fingerprint density at radius 2 is 2.00 bits per heavy atom. The van der Waals surface area contributed by atoms with E-state index in [-0.39, 0.29) is 22.4 Å². The Kier molecular flexibility index (Phi) is 5.14. The van der Waals surface area contributed by atoms with Gasteiger partial charge >= 0.3 is 6.18 Å². The Balaban J connectivity index is 2.31. The van der Waals surface area contributed by atoms with Crippen molar-refractivity contribution in [1.29, 1.82) is 0 Å². The van der Waals surface area contributed by atoms with Crippen molar-refractivity contribution >= 4 is 17.3 Å². The average Bonchev–Trinajstić information content (AvgIpc) is 2.91. The molecular formula is C15H17ClF3NO. The van der Waals surface area contributed by atoms with Gasteiger partial charge in [0.05, 0.1) is 11.3 Å². The normalized spacial score (nSPS) is 17.3. The molecule has 1 aromatic carbocycles. The molecule has 0 atom stereocenters. The largest absolute Gasteiger partial charge is 0.417 e. The summed E-state index contributed by atoms with van der Waals surface area (Å²) in [6.07, 6.45) is -0.122. The van der Waals surface area contributed by atoms with Crippen LogP contribution in [0.3, 0.4) is 0 Å². The van der Waals surface area contributed by atoms with E-state index in [1.54, 1.807) is 6.92 Å². The predicted molar refractivity (Wildman–Crippen MR) is 76.6 cm³/mol. The van der Waals surface area contributed by atoms with Gasteiger partial charge in [0, 0.05) is 10.6 Å². The molecule has 21 heavy (non-hydrogen) atoms. The first-order valence-electron chi connectivity index (χ1n) is 7.01. The van der Waals surface area contributed by atoms with Gasteiger partial charge in [0.2, 0.25) is 0 Å². The van der Waals surface area contributed by atoms with Crippen LogP contribution in [-0.4, -0.2) is 11.8 Å². The first-order valence-corrected chi connectivity index (χ1v) is 7.39. The molecule has 0 saturated heterocycles. The molecule has 0 radical (unpaired) electrons. The number of hydrogen-bond acceptors (Lipinski definition) is 2. The van der Waals surface area contributed by atoms with Crippen molar-refractivity contribution in [1.82, 2.24) is 0 Å². The first kappa shape index (κ1) is 16.1. The van der Waals surface area contributed by atoms with E-state index in [1.807, 2.05) is 0 Å². The highest BCUT2D eigenvalue weighted by Crippen LogP contribution is 2.34. The van der Waals surface area contributed by atoms with E-state index in [2.05, 4.69) is 5.16 Å². The van der Waals surface area contributed by atoms with Gasteiger partial charge in [-0.25, -0.2) is 0 Å². The molecule has 2 rings (SSSR count). The third-order valence-corrected chi connectivity index (χ3v) is 3.78. The van der Waals surface area contributed by atoms with Crippen molar-refractivity contribution in [2.24, 2.45) is 5.16 Å². The summed E-state index contributed by atoms with van der Waals surface area (Å²) in [5.41, 5.74) is -0.463. The molecule has 1 aliphatic rings. The fourth-order valence-electron chi connectivity index (χ4n) is 2.44. The van der Waals surface area contributed by atoms with Crippen molar-refractivity contribution in [3.8, 4) is 0 Å². The maximum atomic E-state index is 13.1. The number of halogens is 4. The first-order chi connectivity index (χ1) is 9.91. The number of benzene rings is 1. The third-order valence-electron chi connectivity index (χ3n) is 3.55. The summed E-state index contributed by atoms with van der Waals surface area (Å²) in [5.74, 6) is 0. The number of hydrogen-bond donors (Lipinski definition) is 0. The molecule has 0 aliphatic heterocycles. The van der Waals surface area contributed by atoms with Crippen LogP contribution in [-0.2, 0) is 11.0 Å². The summed E-state index contributed by atoms with van der Waals surface area (Å²) in [4.78, 5) is 5.40. The minimum Gasteiger partial charge on any atom is -0.392 e. The summed E-state index contributed by atoms with van der Waals surface area (Å²) in [5, 5.41) is 4.22. The molecule has 0 spiro atoms. The molecule has 0 bridgehead atoms. The molecule has 0 unspecified atom stereocenters. The van der Waals surface area contributed by atoms with E-state index in [1.165, 1.54) is 12.1 Å². The standard InChI is InChI=1S/C15H17ClF3NO/c1-2-14(20-21-11-5-3-4-6-11)12-9-10(16)7-8-13(12)15(17,18)19/h7-9,11H,2-6H2,1H3. The molecule has 0 heterocycles. The molecule has 1 aromatic rings. The van der Waals surface area contributed by atoms with Crippen LogP contribution in [0.2, 0.25) is 5.02 Å². The molecular weight excluding hydrogens is 303 g/mol. The lowest BCUT2D eigenvalue weighted by atomic mass is 10.0. The van der Waals surface area contributed by atoms with Crippen LogP contribution in [0.4, 0.5) is 13.2 Å². The Labute approximate surface area is 126 Å². The fraction of sp³-hybridized carbons (Fsp3) is 0.533. The monoisotopic (exact) mass is 319 g/mol. The SMILES string of the molecule is CCC(=NOC1CCCC1)c1cc(Cl)ccc1C(F)(F)F. The van der Waals surface area contributed by atoms with Crippen LogP contribution in [0.1, 0.15) is 50.2 Å². The van der Waals surface area contributed by atoms with Gasteiger partial charge in [0.1, 0.15) is 6.10 Å². The van der Waals surface area contributed by atoms with Gasteiger partial charge in [0.15, 0.2) is 0 Å². The maximum Gasteiger partial charge on any atom is 0.417 e. The van der Waals surface area contributed by atoms with Crippen LogP contribution >= 0.6 is 11.6 Å². The molecule has 0 amide bonds. The number of oxime groups is 1. The Morgan fingerprint density at radius 3 is 2.57 bits per heavy atom. The van der Waals surface area contributed by atoms with Gasteiger partial charge in [-0.2, -0.15) is 13.2 Å². The summed E-state index contributed by atoms with van der Waals surface area (Å²) in [7, 11) is 0. The lowest BCUT2D eigenvalue weighted by molar-refractivity contribution is -0.137. The Bertz CT molecular complexity index is 522. The number of rotatable bonds is 4. The highest BCUT2D eigenvalue weighted by molar-refractivity contribution is 6.31. The Hall–Kier alpha value is -1.23. The third kappa shape index (κ3) is 4.13. The molecule has 1 saturated carbocycles. The second kappa shape index (κ2) is 6.69. The fourth-order valence-corrected chi connectivity index (χ4v) is 2.61. The van der Waals surface area contributed by atoms with Crippen molar-refractivity contribution in [2.75, 3.05) is 0 Å². The summed E-state index contributed by atoms with van der Waals surface area (Å²) in [6, 6.07) is 3.52. The number of nitrogens with zero attached hydrogens (tertiary/aromatic N) is 1. The molecule has 6 heteroatoms. The zero-order valence-corrected chi connectivity index (χ0v) is 12.5. The minimum absolute atomic E-state index is 0.00417. The maximum absolute atomic E-state index is 13.1. The van der Waals surface area contributed by atoms with E-state index < -0.39 is 11.7 Å². The van der Waals surface area contributed by atoms with E-state index in [4.69, 9.17) is 16.4 Å². The minimum atomic E-state index is -4.44. The van der Waals surface area contributed by atoms with Crippen LogP contribution in [0.25, 0.3) is 0 Å². The van der Waals surface area contributed by atoms with E-state index in [0.29, 0.717) is 6.42 Å². The molecule has 0 aromatic heterocycles. The summed E-state index contributed by atoms with van der Waals surface area (Å²) < 4.78 is 39.2. The molecule has 1 aliphatic carbocycles. The molecule has 1 fully saturated rings. The lowest BCUT2D eigenvalue weighted by Gasteiger charge is -2.15. The van der Waals surface area contributed by atoms with E-state index in [0.717, 1.165) is 31.7 Å². The van der Waals surface area contributed by atoms with Gasteiger partial charge in [-0.3, -0.25) is 0 Å². The Morgan fingerprint density at radius 1 is 1.33 bits per heavy atom. The van der Waals surface area contributed by atoms with Gasteiger partial charge in [-0.15, -0.1) is 0 Å². The second-order valence-electron chi connectivity index (χ2n) is 5.09. The van der Waals surface area contributed by atoms with Crippen LogP contribution in [0, 0.1) is 0 Å². The molecule has 2 nitrogen and oxygen atoms in total. The summed E-state index contributed by atoms with van der Waals surface area (Å²) in [6.45, 7) is 1.75. The number of alkyl halides is 3. The topological polar surface area (TPSA) is 21.6 Å². The highest BCUT2D eigenvalue weighted by atomic mass is 35.5.